The van der Waals surface area contributed by atoms with Gasteiger partial charge in [0.25, 0.3) is 5.91 Å². The Morgan fingerprint density at radius 1 is 1.28 bits per heavy atom. The van der Waals surface area contributed by atoms with Crippen LogP contribution in [0, 0.1) is 13.8 Å². The number of hydrogen-bond donors (Lipinski definition) is 2. The number of urea groups is 1. The lowest BCUT2D eigenvalue weighted by atomic mass is 10.1. The predicted octanol–water partition coefficient (Wildman–Crippen LogP) is 1.53. The predicted molar refractivity (Wildman–Crippen MR) is 68.6 cm³/mol. The van der Waals surface area contributed by atoms with Crippen molar-refractivity contribution in [1.29, 1.82) is 0 Å². The summed E-state index contributed by atoms with van der Waals surface area (Å²) in [6.07, 6.45) is -0.734. The number of ether oxygens (including phenoxy) is 1. The smallest absolute Gasteiger partial charge is 0.321 e. The number of imide groups is 1. The SMILES string of the molecule is CNC(=O)NC(=O)[C@H](C)Oc1cc(C)ccc1C. The van der Waals surface area contributed by atoms with Crippen molar-refractivity contribution < 1.29 is 14.3 Å². The van der Waals surface area contributed by atoms with Gasteiger partial charge in [0.05, 0.1) is 0 Å². The second-order valence-corrected chi connectivity index (χ2v) is 4.10. The monoisotopic (exact) mass is 250 g/mol. The van der Waals surface area contributed by atoms with Crippen LogP contribution in [0.25, 0.3) is 0 Å². The van der Waals surface area contributed by atoms with Crippen LogP contribution in [-0.2, 0) is 4.79 Å². The summed E-state index contributed by atoms with van der Waals surface area (Å²) in [4.78, 5) is 22.6. The molecule has 1 aromatic carbocycles. The number of nitrogens with one attached hydrogen (secondary N) is 2. The van der Waals surface area contributed by atoms with Gasteiger partial charge in [0.2, 0.25) is 0 Å². The molecule has 0 fully saturated rings. The molecule has 1 rings (SSSR count). The molecule has 0 aromatic heterocycles. The van der Waals surface area contributed by atoms with Crippen LogP contribution in [0.15, 0.2) is 18.2 Å². The van der Waals surface area contributed by atoms with E-state index in [-0.39, 0.29) is 0 Å². The minimum absolute atomic E-state index is 0.477. The van der Waals surface area contributed by atoms with E-state index < -0.39 is 18.0 Å². The summed E-state index contributed by atoms with van der Waals surface area (Å²) in [6.45, 7) is 5.44. The number of benzene rings is 1. The molecule has 0 saturated heterocycles. The maximum Gasteiger partial charge on any atom is 0.321 e. The van der Waals surface area contributed by atoms with Crippen LogP contribution in [0.1, 0.15) is 18.1 Å². The van der Waals surface area contributed by atoms with Crippen LogP contribution in [-0.4, -0.2) is 25.1 Å². The molecule has 18 heavy (non-hydrogen) atoms. The molecule has 0 spiro atoms. The van der Waals surface area contributed by atoms with E-state index in [0.29, 0.717) is 5.75 Å². The van der Waals surface area contributed by atoms with Gasteiger partial charge in [-0.1, -0.05) is 12.1 Å². The Balaban J connectivity index is 2.69. The van der Waals surface area contributed by atoms with Crippen molar-refractivity contribution in [2.45, 2.75) is 26.9 Å². The van der Waals surface area contributed by atoms with Gasteiger partial charge in [-0.3, -0.25) is 10.1 Å². The highest BCUT2D eigenvalue weighted by Gasteiger charge is 2.17. The van der Waals surface area contributed by atoms with Crippen molar-refractivity contribution >= 4 is 11.9 Å². The number of carbonyl (C=O) groups excluding carboxylic acids is 2. The molecule has 0 heterocycles. The zero-order valence-corrected chi connectivity index (χ0v) is 11.0. The fourth-order valence-corrected chi connectivity index (χ4v) is 1.35. The van der Waals surface area contributed by atoms with Gasteiger partial charge in [-0.2, -0.15) is 0 Å². The molecule has 1 aromatic rings. The lowest BCUT2D eigenvalue weighted by Gasteiger charge is -2.16. The molecular weight excluding hydrogens is 232 g/mol. The summed E-state index contributed by atoms with van der Waals surface area (Å²) >= 11 is 0. The van der Waals surface area contributed by atoms with E-state index in [1.165, 1.54) is 7.05 Å². The quantitative estimate of drug-likeness (QED) is 0.854. The molecule has 1 atom stereocenters. The van der Waals surface area contributed by atoms with Crippen molar-refractivity contribution in [2.75, 3.05) is 7.05 Å². The average Bonchev–Trinajstić information content (AvgIpc) is 2.33. The largest absolute Gasteiger partial charge is 0.481 e. The molecule has 0 bridgehead atoms. The average molecular weight is 250 g/mol. The van der Waals surface area contributed by atoms with Crippen molar-refractivity contribution in [3.63, 3.8) is 0 Å². The van der Waals surface area contributed by atoms with Crippen LogP contribution < -0.4 is 15.4 Å². The standard InChI is InChI=1S/C13H18N2O3/c1-8-5-6-9(2)11(7-8)18-10(3)12(16)15-13(17)14-4/h5-7,10H,1-4H3,(H2,14,15,16,17)/t10-/m0/s1. The highest BCUT2D eigenvalue weighted by Crippen LogP contribution is 2.20. The molecule has 0 aliphatic rings. The fraction of sp³-hybridized carbons (Fsp3) is 0.385. The Hall–Kier alpha value is -2.04. The molecule has 0 aliphatic carbocycles. The first kappa shape index (κ1) is 14.0. The number of rotatable bonds is 3. The van der Waals surface area contributed by atoms with Gasteiger partial charge in [0.1, 0.15) is 5.75 Å². The molecule has 0 unspecified atom stereocenters. The highest BCUT2D eigenvalue weighted by atomic mass is 16.5. The van der Waals surface area contributed by atoms with Crippen molar-refractivity contribution in [3.8, 4) is 5.75 Å². The van der Waals surface area contributed by atoms with E-state index in [9.17, 15) is 9.59 Å². The second-order valence-electron chi connectivity index (χ2n) is 4.10. The zero-order valence-electron chi connectivity index (χ0n) is 11.0. The Bertz CT molecular complexity index is 458. The Morgan fingerprint density at radius 2 is 1.94 bits per heavy atom. The molecule has 2 N–H and O–H groups in total. The minimum Gasteiger partial charge on any atom is -0.481 e. The number of amides is 3. The topological polar surface area (TPSA) is 67.4 Å². The number of carbonyl (C=O) groups is 2. The summed E-state index contributed by atoms with van der Waals surface area (Å²) in [5.41, 5.74) is 2.00. The first-order valence-electron chi connectivity index (χ1n) is 5.70. The lowest BCUT2D eigenvalue weighted by Crippen LogP contribution is -2.44. The fourth-order valence-electron chi connectivity index (χ4n) is 1.35. The lowest BCUT2D eigenvalue weighted by molar-refractivity contribution is -0.126. The van der Waals surface area contributed by atoms with Gasteiger partial charge in [-0.15, -0.1) is 0 Å². The van der Waals surface area contributed by atoms with E-state index in [1.54, 1.807) is 6.92 Å². The Kier molecular flexibility index (Phi) is 4.71. The molecule has 5 heteroatoms. The molecular formula is C13H18N2O3. The molecule has 0 radical (unpaired) electrons. The van der Waals surface area contributed by atoms with E-state index in [0.717, 1.165) is 11.1 Å². The number of aryl methyl sites for hydroxylation is 2. The molecule has 98 valence electrons. The maximum atomic E-state index is 11.6. The van der Waals surface area contributed by atoms with Crippen molar-refractivity contribution in [3.05, 3.63) is 29.3 Å². The van der Waals surface area contributed by atoms with Gasteiger partial charge >= 0.3 is 6.03 Å². The maximum absolute atomic E-state index is 11.6. The molecule has 3 amide bonds. The van der Waals surface area contributed by atoms with Gasteiger partial charge in [0.15, 0.2) is 6.10 Å². The summed E-state index contributed by atoms with van der Waals surface area (Å²) in [5.74, 6) is 0.171. The van der Waals surface area contributed by atoms with Gasteiger partial charge in [-0.25, -0.2) is 4.79 Å². The van der Waals surface area contributed by atoms with Gasteiger partial charge in [0, 0.05) is 7.05 Å². The van der Waals surface area contributed by atoms with Crippen LogP contribution in [0.2, 0.25) is 0 Å². The summed E-state index contributed by atoms with van der Waals surface area (Å²) in [5, 5.41) is 4.48. The first-order valence-corrected chi connectivity index (χ1v) is 5.70. The second kappa shape index (κ2) is 6.05. The summed E-state index contributed by atoms with van der Waals surface area (Å²) in [7, 11) is 1.44. The van der Waals surface area contributed by atoms with E-state index in [4.69, 9.17) is 4.74 Å². The summed E-state index contributed by atoms with van der Waals surface area (Å²) < 4.78 is 5.54. The van der Waals surface area contributed by atoms with Crippen LogP contribution in [0.5, 0.6) is 5.75 Å². The van der Waals surface area contributed by atoms with E-state index in [2.05, 4.69) is 10.6 Å². The van der Waals surface area contributed by atoms with Crippen LogP contribution in [0.4, 0.5) is 4.79 Å². The van der Waals surface area contributed by atoms with E-state index in [1.807, 2.05) is 32.0 Å². The van der Waals surface area contributed by atoms with Gasteiger partial charge < -0.3 is 10.1 Å². The van der Waals surface area contributed by atoms with Crippen molar-refractivity contribution in [2.24, 2.45) is 0 Å². The van der Waals surface area contributed by atoms with Crippen molar-refractivity contribution in [1.82, 2.24) is 10.6 Å². The zero-order chi connectivity index (χ0) is 13.7. The number of hydrogen-bond acceptors (Lipinski definition) is 3. The first-order chi connectivity index (χ1) is 8.43. The van der Waals surface area contributed by atoms with E-state index >= 15 is 0 Å². The summed E-state index contributed by atoms with van der Waals surface area (Å²) in [6, 6.07) is 5.21. The molecule has 0 aliphatic heterocycles. The van der Waals surface area contributed by atoms with Gasteiger partial charge in [-0.05, 0) is 38.0 Å². The Morgan fingerprint density at radius 3 is 2.56 bits per heavy atom. The van der Waals surface area contributed by atoms with Crippen LogP contribution >= 0.6 is 0 Å². The highest BCUT2D eigenvalue weighted by molar-refractivity contribution is 5.96. The Labute approximate surface area is 107 Å². The third-order valence-corrected chi connectivity index (χ3v) is 2.48. The normalized spacial score (nSPS) is 11.6. The third-order valence-electron chi connectivity index (χ3n) is 2.48. The molecule has 5 nitrogen and oxygen atoms in total. The minimum atomic E-state index is -0.734. The molecule has 0 saturated carbocycles. The van der Waals surface area contributed by atoms with Crippen LogP contribution in [0.3, 0.4) is 0 Å². The third kappa shape index (κ3) is 3.76.